The molecule has 0 bridgehead atoms. The molecule has 2 aromatic carbocycles. The number of aryl methyl sites for hydroxylation is 2. The Morgan fingerprint density at radius 3 is 2.62 bits per heavy atom. The number of tetrazole rings is 1. The van der Waals surface area contributed by atoms with Gasteiger partial charge in [0.1, 0.15) is 11.4 Å². The molecule has 0 saturated carbocycles. The third-order valence-electron chi connectivity index (χ3n) is 3.83. The Bertz CT molecular complexity index is 905. The third-order valence-corrected chi connectivity index (χ3v) is 4.75. The lowest BCUT2D eigenvalue weighted by atomic mass is 10.1. The molecule has 0 saturated heterocycles. The van der Waals surface area contributed by atoms with Gasteiger partial charge in [0.05, 0.1) is 12.9 Å². The summed E-state index contributed by atoms with van der Waals surface area (Å²) in [6.07, 6.45) is 0. The smallest absolute Gasteiger partial charge is 0.234 e. The van der Waals surface area contributed by atoms with Crippen LogP contribution in [-0.4, -0.2) is 39.0 Å². The normalized spacial score (nSPS) is 10.6. The summed E-state index contributed by atoms with van der Waals surface area (Å²) in [4.78, 5) is 12.3. The summed E-state index contributed by atoms with van der Waals surface area (Å²) >= 11 is 1.27. The van der Waals surface area contributed by atoms with Crippen LogP contribution < -0.4 is 10.1 Å². The second-order valence-corrected chi connectivity index (χ2v) is 6.59. The summed E-state index contributed by atoms with van der Waals surface area (Å²) in [6, 6.07) is 13.3. The van der Waals surface area contributed by atoms with Crippen LogP contribution in [0.15, 0.2) is 47.6 Å². The monoisotopic (exact) mass is 369 g/mol. The molecule has 26 heavy (non-hydrogen) atoms. The Morgan fingerprint density at radius 1 is 1.15 bits per heavy atom. The molecule has 134 valence electrons. The molecule has 7 nitrogen and oxygen atoms in total. The number of thioether (sulfide) groups is 1. The zero-order chi connectivity index (χ0) is 18.5. The van der Waals surface area contributed by atoms with E-state index in [0.717, 1.165) is 22.5 Å². The largest absolute Gasteiger partial charge is 0.494 e. The Labute approximate surface area is 155 Å². The summed E-state index contributed by atoms with van der Waals surface area (Å²) in [5.41, 5.74) is 3.63. The average molecular weight is 369 g/mol. The van der Waals surface area contributed by atoms with E-state index in [1.807, 2.05) is 56.3 Å². The van der Waals surface area contributed by atoms with E-state index in [4.69, 9.17) is 4.74 Å². The first-order valence-corrected chi connectivity index (χ1v) is 8.99. The van der Waals surface area contributed by atoms with E-state index in [9.17, 15) is 4.79 Å². The van der Waals surface area contributed by atoms with Crippen LogP contribution >= 0.6 is 11.8 Å². The van der Waals surface area contributed by atoms with Gasteiger partial charge in [0.15, 0.2) is 0 Å². The van der Waals surface area contributed by atoms with Crippen molar-refractivity contribution in [3.63, 3.8) is 0 Å². The van der Waals surface area contributed by atoms with Gasteiger partial charge in [-0.3, -0.25) is 4.79 Å². The highest BCUT2D eigenvalue weighted by Gasteiger charge is 2.15. The SMILES string of the molecule is COc1ccccc1-n1nnnc1SCC(=O)Nc1c(C)cccc1C. The molecular weight excluding hydrogens is 350 g/mol. The fraction of sp³-hybridized carbons (Fsp3) is 0.222. The van der Waals surface area contributed by atoms with Crippen LogP contribution in [-0.2, 0) is 4.79 Å². The fourth-order valence-corrected chi connectivity index (χ4v) is 3.23. The first-order chi connectivity index (χ1) is 12.6. The van der Waals surface area contributed by atoms with Crippen LogP contribution in [0.25, 0.3) is 5.69 Å². The third kappa shape index (κ3) is 3.85. The van der Waals surface area contributed by atoms with Crippen LogP contribution in [0, 0.1) is 13.8 Å². The van der Waals surface area contributed by atoms with E-state index in [1.165, 1.54) is 11.8 Å². The minimum absolute atomic E-state index is 0.109. The maximum Gasteiger partial charge on any atom is 0.234 e. The lowest BCUT2D eigenvalue weighted by Crippen LogP contribution is -2.16. The highest BCUT2D eigenvalue weighted by Crippen LogP contribution is 2.26. The maximum atomic E-state index is 12.3. The molecular formula is C18H19N5O2S. The maximum absolute atomic E-state index is 12.3. The number of benzene rings is 2. The number of para-hydroxylation sites is 3. The Morgan fingerprint density at radius 2 is 1.88 bits per heavy atom. The minimum atomic E-state index is -0.109. The number of carbonyl (C=O) groups excluding carboxylic acids is 1. The average Bonchev–Trinajstić information content (AvgIpc) is 3.11. The van der Waals surface area contributed by atoms with Gasteiger partial charge in [-0.1, -0.05) is 42.1 Å². The Hall–Kier alpha value is -2.87. The van der Waals surface area contributed by atoms with E-state index in [-0.39, 0.29) is 11.7 Å². The molecule has 3 rings (SSSR count). The van der Waals surface area contributed by atoms with Crippen molar-refractivity contribution < 1.29 is 9.53 Å². The number of hydrogen-bond acceptors (Lipinski definition) is 6. The van der Waals surface area contributed by atoms with E-state index >= 15 is 0 Å². The van der Waals surface area contributed by atoms with Crippen LogP contribution in [0.4, 0.5) is 5.69 Å². The zero-order valence-corrected chi connectivity index (χ0v) is 15.6. The first kappa shape index (κ1) is 17.9. The van der Waals surface area contributed by atoms with Crippen LogP contribution in [0.1, 0.15) is 11.1 Å². The number of hydrogen-bond donors (Lipinski definition) is 1. The lowest BCUT2D eigenvalue weighted by Gasteiger charge is -2.11. The minimum Gasteiger partial charge on any atom is -0.494 e. The molecule has 0 aliphatic heterocycles. The molecule has 0 radical (unpaired) electrons. The number of methoxy groups -OCH3 is 1. The lowest BCUT2D eigenvalue weighted by molar-refractivity contribution is -0.113. The summed E-state index contributed by atoms with van der Waals surface area (Å²) in [5, 5.41) is 15.2. The predicted molar refractivity (Wildman–Crippen MR) is 101 cm³/mol. The standard InChI is InChI=1S/C18H19N5O2S/c1-12-7-6-8-13(2)17(12)19-16(24)11-26-18-20-21-22-23(18)14-9-4-5-10-15(14)25-3/h4-10H,11H2,1-3H3,(H,19,24). The van der Waals surface area contributed by atoms with E-state index in [1.54, 1.807) is 11.8 Å². The molecule has 1 N–H and O–H groups in total. The number of rotatable bonds is 6. The summed E-state index contributed by atoms with van der Waals surface area (Å²) in [5.74, 6) is 0.743. The quantitative estimate of drug-likeness (QED) is 0.673. The van der Waals surface area contributed by atoms with Crippen molar-refractivity contribution in [3.8, 4) is 11.4 Å². The van der Waals surface area contributed by atoms with Crippen molar-refractivity contribution in [1.82, 2.24) is 20.2 Å². The number of ether oxygens (including phenoxy) is 1. The van der Waals surface area contributed by atoms with Gasteiger partial charge in [0, 0.05) is 5.69 Å². The van der Waals surface area contributed by atoms with Gasteiger partial charge in [0.2, 0.25) is 11.1 Å². The van der Waals surface area contributed by atoms with Crippen molar-refractivity contribution in [2.24, 2.45) is 0 Å². The molecule has 3 aromatic rings. The number of carbonyl (C=O) groups is 1. The second-order valence-electron chi connectivity index (χ2n) is 5.65. The van der Waals surface area contributed by atoms with Crippen molar-refractivity contribution >= 4 is 23.4 Å². The zero-order valence-electron chi connectivity index (χ0n) is 14.8. The molecule has 0 spiro atoms. The van der Waals surface area contributed by atoms with E-state index < -0.39 is 0 Å². The van der Waals surface area contributed by atoms with Gasteiger partial charge in [-0.15, -0.1) is 5.10 Å². The number of anilines is 1. The molecule has 1 aromatic heterocycles. The fourth-order valence-electron chi connectivity index (χ4n) is 2.54. The predicted octanol–water partition coefficient (Wildman–Crippen LogP) is 3.02. The number of nitrogens with one attached hydrogen (secondary N) is 1. The first-order valence-electron chi connectivity index (χ1n) is 8.01. The summed E-state index contributed by atoms with van der Waals surface area (Å²) in [7, 11) is 1.59. The van der Waals surface area contributed by atoms with Crippen LogP contribution in [0.3, 0.4) is 0 Å². The second kappa shape index (κ2) is 8.01. The molecule has 0 atom stereocenters. The Balaban J connectivity index is 1.71. The van der Waals surface area contributed by atoms with Gasteiger partial charge in [-0.2, -0.15) is 4.68 Å². The van der Waals surface area contributed by atoms with Gasteiger partial charge < -0.3 is 10.1 Å². The molecule has 1 heterocycles. The molecule has 0 aliphatic rings. The van der Waals surface area contributed by atoms with Crippen molar-refractivity contribution in [1.29, 1.82) is 0 Å². The van der Waals surface area contributed by atoms with Gasteiger partial charge >= 0.3 is 0 Å². The molecule has 1 amide bonds. The highest BCUT2D eigenvalue weighted by atomic mass is 32.2. The topological polar surface area (TPSA) is 81.9 Å². The Kier molecular flexibility index (Phi) is 5.52. The summed E-state index contributed by atoms with van der Waals surface area (Å²) < 4.78 is 6.92. The van der Waals surface area contributed by atoms with Crippen molar-refractivity contribution in [2.45, 2.75) is 19.0 Å². The summed E-state index contributed by atoms with van der Waals surface area (Å²) in [6.45, 7) is 3.94. The van der Waals surface area contributed by atoms with E-state index in [0.29, 0.717) is 10.9 Å². The van der Waals surface area contributed by atoms with Crippen LogP contribution in [0.5, 0.6) is 5.75 Å². The van der Waals surface area contributed by atoms with Gasteiger partial charge in [0.25, 0.3) is 0 Å². The number of nitrogens with zero attached hydrogens (tertiary/aromatic N) is 4. The number of aromatic nitrogens is 4. The molecule has 8 heteroatoms. The van der Waals surface area contributed by atoms with Crippen molar-refractivity contribution in [3.05, 3.63) is 53.6 Å². The highest BCUT2D eigenvalue weighted by molar-refractivity contribution is 7.99. The number of amides is 1. The molecule has 0 aliphatic carbocycles. The van der Waals surface area contributed by atoms with E-state index in [2.05, 4.69) is 20.8 Å². The molecule has 0 fully saturated rings. The van der Waals surface area contributed by atoms with Gasteiger partial charge in [-0.05, 0) is 47.5 Å². The molecule has 0 unspecified atom stereocenters. The van der Waals surface area contributed by atoms with Crippen LogP contribution in [0.2, 0.25) is 0 Å². The van der Waals surface area contributed by atoms with Gasteiger partial charge in [-0.25, -0.2) is 0 Å². The van der Waals surface area contributed by atoms with Crippen molar-refractivity contribution in [2.75, 3.05) is 18.2 Å².